The topological polar surface area (TPSA) is 17.1 Å². The Labute approximate surface area is 117 Å². The van der Waals surface area contributed by atoms with Crippen molar-refractivity contribution in [1.82, 2.24) is 0 Å². The van der Waals surface area contributed by atoms with Crippen molar-refractivity contribution in [3.05, 3.63) is 70.3 Å². The van der Waals surface area contributed by atoms with Crippen LogP contribution in [0.2, 0.25) is 0 Å². The third-order valence-electron chi connectivity index (χ3n) is 2.90. The van der Waals surface area contributed by atoms with Gasteiger partial charge in [0, 0.05) is 5.56 Å². The van der Waals surface area contributed by atoms with Gasteiger partial charge in [0.25, 0.3) is 0 Å². The molecule has 1 nitrogen and oxygen atoms in total. The lowest BCUT2D eigenvalue weighted by Crippen LogP contribution is -2.11. The Hall–Kier alpha value is -2.24. The lowest BCUT2D eigenvalue weighted by molar-refractivity contribution is -0.140. The van der Waals surface area contributed by atoms with Crippen molar-refractivity contribution in [1.29, 1.82) is 0 Å². The van der Waals surface area contributed by atoms with E-state index in [9.17, 15) is 26.7 Å². The predicted molar refractivity (Wildman–Crippen MR) is 66.0 cm³/mol. The fraction of sp³-hybridized carbons (Fsp3) is 0.133. The number of halogens is 5. The quantitative estimate of drug-likeness (QED) is 0.588. The van der Waals surface area contributed by atoms with Crippen LogP contribution in [-0.2, 0) is 6.18 Å². The molecule has 0 fully saturated rings. The van der Waals surface area contributed by atoms with Gasteiger partial charge in [-0.25, -0.2) is 8.78 Å². The van der Waals surface area contributed by atoms with Crippen LogP contribution in [0.3, 0.4) is 0 Å². The van der Waals surface area contributed by atoms with Gasteiger partial charge in [-0.2, -0.15) is 13.2 Å². The highest BCUT2D eigenvalue weighted by molar-refractivity contribution is 6.09. The monoisotopic (exact) mass is 300 g/mol. The average Bonchev–Trinajstić information content (AvgIpc) is 2.37. The van der Waals surface area contributed by atoms with Crippen LogP contribution in [0.25, 0.3) is 0 Å². The maximum Gasteiger partial charge on any atom is 0.419 e. The van der Waals surface area contributed by atoms with Crippen molar-refractivity contribution in [2.45, 2.75) is 13.1 Å². The summed E-state index contributed by atoms with van der Waals surface area (Å²) in [4.78, 5) is 12.0. The van der Waals surface area contributed by atoms with Gasteiger partial charge in [0.15, 0.2) is 5.78 Å². The highest BCUT2D eigenvalue weighted by Gasteiger charge is 2.34. The third-order valence-corrected chi connectivity index (χ3v) is 2.90. The second kappa shape index (κ2) is 5.27. The van der Waals surface area contributed by atoms with Gasteiger partial charge in [0.2, 0.25) is 0 Å². The summed E-state index contributed by atoms with van der Waals surface area (Å²) in [5.74, 6) is -3.25. The molecule has 0 heterocycles. The molecule has 0 unspecified atom stereocenters. The first-order chi connectivity index (χ1) is 9.70. The summed E-state index contributed by atoms with van der Waals surface area (Å²) in [5, 5.41) is 0. The summed E-state index contributed by atoms with van der Waals surface area (Å²) in [7, 11) is 0. The molecule has 0 aliphatic rings. The molecule has 2 rings (SSSR count). The molecule has 6 heteroatoms. The molecule has 0 amide bonds. The number of carbonyl (C=O) groups is 1. The van der Waals surface area contributed by atoms with Crippen LogP contribution in [0.5, 0.6) is 0 Å². The van der Waals surface area contributed by atoms with E-state index in [1.165, 1.54) is 12.1 Å². The molecule has 0 aromatic heterocycles. The fourth-order valence-corrected chi connectivity index (χ4v) is 1.84. The van der Waals surface area contributed by atoms with Crippen molar-refractivity contribution >= 4 is 5.78 Å². The highest BCUT2D eigenvalue weighted by Crippen LogP contribution is 2.32. The normalized spacial score (nSPS) is 11.5. The molecular formula is C15H9F5O. The van der Waals surface area contributed by atoms with E-state index in [0.717, 1.165) is 12.1 Å². The van der Waals surface area contributed by atoms with Crippen LogP contribution in [0, 0.1) is 18.6 Å². The number of benzene rings is 2. The Morgan fingerprint density at radius 1 is 0.952 bits per heavy atom. The molecule has 0 spiro atoms. The molecule has 21 heavy (non-hydrogen) atoms. The third kappa shape index (κ3) is 3.09. The SMILES string of the molecule is Cc1ccc(C(=O)c2ccc(F)c(C(F)(F)F)c2)c(F)c1. The number of aryl methyl sites for hydroxylation is 1. The van der Waals surface area contributed by atoms with Gasteiger partial charge in [-0.1, -0.05) is 6.07 Å². The number of carbonyl (C=O) groups excluding carboxylic acids is 1. The highest BCUT2D eigenvalue weighted by atomic mass is 19.4. The molecular weight excluding hydrogens is 291 g/mol. The summed E-state index contributed by atoms with van der Waals surface area (Å²) in [6.45, 7) is 1.61. The van der Waals surface area contributed by atoms with Gasteiger partial charge in [-0.15, -0.1) is 0 Å². The summed E-state index contributed by atoms with van der Waals surface area (Å²) >= 11 is 0. The Morgan fingerprint density at radius 2 is 1.62 bits per heavy atom. The maximum atomic E-state index is 13.7. The molecule has 0 N–H and O–H groups in total. The van der Waals surface area contributed by atoms with Gasteiger partial charge in [-0.05, 0) is 42.8 Å². The van der Waals surface area contributed by atoms with Crippen LogP contribution in [-0.4, -0.2) is 5.78 Å². The number of alkyl halides is 3. The number of hydrogen-bond acceptors (Lipinski definition) is 1. The Bertz CT molecular complexity index is 704. The smallest absolute Gasteiger partial charge is 0.288 e. The molecule has 0 radical (unpaired) electrons. The van der Waals surface area contributed by atoms with E-state index < -0.39 is 34.7 Å². The van der Waals surface area contributed by atoms with Gasteiger partial charge in [0.1, 0.15) is 11.6 Å². The second-order valence-electron chi connectivity index (χ2n) is 4.50. The molecule has 0 aliphatic carbocycles. The Morgan fingerprint density at radius 3 is 2.19 bits per heavy atom. The average molecular weight is 300 g/mol. The zero-order valence-corrected chi connectivity index (χ0v) is 10.8. The number of rotatable bonds is 2. The van der Waals surface area contributed by atoms with Crippen molar-refractivity contribution in [3.63, 3.8) is 0 Å². The zero-order chi connectivity index (χ0) is 15.8. The number of ketones is 1. The maximum absolute atomic E-state index is 13.7. The van der Waals surface area contributed by atoms with Crippen LogP contribution in [0.4, 0.5) is 22.0 Å². The van der Waals surface area contributed by atoms with Gasteiger partial charge >= 0.3 is 6.18 Å². The van der Waals surface area contributed by atoms with E-state index in [4.69, 9.17) is 0 Å². The molecule has 0 bridgehead atoms. The molecule has 2 aromatic rings. The largest absolute Gasteiger partial charge is 0.419 e. The molecule has 2 aromatic carbocycles. The summed E-state index contributed by atoms with van der Waals surface area (Å²) in [6.07, 6.45) is -4.92. The molecule has 0 saturated heterocycles. The molecule has 0 atom stereocenters. The first-order valence-corrected chi connectivity index (χ1v) is 5.88. The minimum atomic E-state index is -4.92. The minimum Gasteiger partial charge on any atom is -0.288 e. The van der Waals surface area contributed by atoms with Gasteiger partial charge < -0.3 is 0 Å². The van der Waals surface area contributed by atoms with E-state index in [-0.39, 0.29) is 5.56 Å². The lowest BCUT2D eigenvalue weighted by Gasteiger charge is -2.10. The molecule has 110 valence electrons. The van der Waals surface area contributed by atoms with Crippen LogP contribution in [0.1, 0.15) is 27.0 Å². The van der Waals surface area contributed by atoms with Crippen LogP contribution in [0.15, 0.2) is 36.4 Å². The first kappa shape index (κ1) is 15.2. The first-order valence-electron chi connectivity index (χ1n) is 5.88. The lowest BCUT2D eigenvalue weighted by atomic mass is 9.99. The van der Waals surface area contributed by atoms with E-state index in [2.05, 4.69) is 0 Å². The van der Waals surface area contributed by atoms with Crippen molar-refractivity contribution in [2.24, 2.45) is 0 Å². The minimum absolute atomic E-state index is 0.361. The van der Waals surface area contributed by atoms with E-state index in [0.29, 0.717) is 17.7 Å². The molecule has 0 saturated carbocycles. The van der Waals surface area contributed by atoms with Gasteiger partial charge in [0.05, 0.1) is 11.1 Å². The van der Waals surface area contributed by atoms with Crippen molar-refractivity contribution in [2.75, 3.05) is 0 Å². The standard InChI is InChI=1S/C15H9F5O/c1-8-2-4-10(13(17)6-8)14(21)9-3-5-12(16)11(7-9)15(18,19)20/h2-7H,1H3. The predicted octanol–water partition coefficient (Wildman–Crippen LogP) is 4.52. The summed E-state index contributed by atoms with van der Waals surface area (Å²) < 4.78 is 64.6. The van der Waals surface area contributed by atoms with Crippen LogP contribution >= 0.6 is 0 Å². The van der Waals surface area contributed by atoms with E-state index in [1.807, 2.05) is 0 Å². The zero-order valence-electron chi connectivity index (χ0n) is 10.8. The second-order valence-corrected chi connectivity index (χ2v) is 4.50. The summed E-state index contributed by atoms with van der Waals surface area (Å²) in [5.41, 5.74) is -1.77. The van der Waals surface area contributed by atoms with Crippen LogP contribution < -0.4 is 0 Å². The number of hydrogen-bond donors (Lipinski definition) is 0. The van der Waals surface area contributed by atoms with Gasteiger partial charge in [-0.3, -0.25) is 4.79 Å². The van der Waals surface area contributed by atoms with Crippen molar-refractivity contribution < 1.29 is 26.7 Å². The fourth-order valence-electron chi connectivity index (χ4n) is 1.84. The van der Waals surface area contributed by atoms with E-state index >= 15 is 0 Å². The Balaban J connectivity index is 2.49. The summed E-state index contributed by atoms with van der Waals surface area (Å²) in [6, 6.07) is 5.57. The van der Waals surface area contributed by atoms with Crippen molar-refractivity contribution in [3.8, 4) is 0 Å². The Kier molecular flexibility index (Phi) is 3.80. The molecule has 0 aliphatic heterocycles. The van der Waals surface area contributed by atoms with E-state index in [1.54, 1.807) is 6.92 Å².